The van der Waals surface area contributed by atoms with Crippen LogP contribution in [0.2, 0.25) is 0 Å². The zero-order valence-corrected chi connectivity index (χ0v) is 27.5. The van der Waals surface area contributed by atoms with Gasteiger partial charge in [-0.15, -0.1) is 0 Å². The molecule has 4 aromatic rings. The Morgan fingerprint density at radius 1 is 0.587 bits per heavy atom. The summed E-state index contributed by atoms with van der Waals surface area (Å²) in [6, 6.07) is 37.6. The first-order chi connectivity index (χ1) is 22.7. The highest BCUT2D eigenvalue weighted by molar-refractivity contribution is 8.00. The second kappa shape index (κ2) is 12.0. The molecule has 8 unspecified atom stereocenters. The molecule has 0 radical (unpaired) electrons. The number of rotatable bonds is 4. The van der Waals surface area contributed by atoms with E-state index in [2.05, 4.69) is 106 Å². The summed E-state index contributed by atoms with van der Waals surface area (Å²) in [5.41, 5.74) is 9.15. The minimum absolute atomic E-state index is 0.667. The van der Waals surface area contributed by atoms with Gasteiger partial charge in [0.05, 0.1) is 6.57 Å². The molecule has 2 nitrogen and oxygen atoms in total. The fourth-order valence-electron chi connectivity index (χ4n) is 10.5. The lowest BCUT2D eigenvalue weighted by atomic mass is 9.69. The summed E-state index contributed by atoms with van der Waals surface area (Å²) in [6.45, 7) is 7.96. The largest absolute Gasteiger partial charge is 0.292 e. The smallest absolute Gasteiger partial charge is 0.195 e. The van der Waals surface area contributed by atoms with Crippen LogP contribution in [0.1, 0.15) is 75.7 Å². The molecule has 0 spiro atoms. The van der Waals surface area contributed by atoms with Gasteiger partial charge in [-0.3, -0.25) is 4.90 Å². The molecule has 2 saturated heterocycles. The van der Waals surface area contributed by atoms with Crippen LogP contribution in [-0.4, -0.2) is 33.5 Å². The van der Waals surface area contributed by atoms with Crippen LogP contribution in [0.3, 0.4) is 0 Å². The Morgan fingerprint density at radius 2 is 1.35 bits per heavy atom. The molecule has 232 valence electrons. The molecule has 5 aliphatic rings. The number of benzene rings is 4. The van der Waals surface area contributed by atoms with E-state index in [1.165, 1.54) is 80.9 Å². The Balaban J connectivity index is 0.978. The fraction of sp³-hybridized carbons (Fsp3) is 0.419. The molecule has 8 atom stereocenters. The van der Waals surface area contributed by atoms with Crippen molar-refractivity contribution in [2.24, 2.45) is 11.8 Å². The Kier molecular flexibility index (Phi) is 7.56. The molecule has 2 aliphatic heterocycles. The summed E-state index contributed by atoms with van der Waals surface area (Å²) in [7, 11) is 0. The van der Waals surface area contributed by atoms with Crippen LogP contribution in [0, 0.1) is 18.4 Å². The molecule has 3 aliphatic carbocycles. The number of hydrogen-bond donors (Lipinski definition) is 0. The van der Waals surface area contributed by atoms with Gasteiger partial charge in [0, 0.05) is 28.6 Å². The van der Waals surface area contributed by atoms with Crippen molar-refractivity contribution in [1.82, 2.24) is 4.90 Å². The molecule has 3 saturated carbocycles. The first-order valence-electron chi connectivity index (χ1n) is 18.0. The second-order valence-corrected chi connectivity index (χ2v) is 16.2. The lowest BCUT2D eigenvalue weighted by molar-refractivity contribution is 0.0606. The predicted molar refractivity (Wildman–Crippen MR) is 193 cm³/mol. The van der Waals surface area contributed by atoms with Crippen molar-refractivity contribution in [3.8, 4) is 33.4 Å². The van der Waals surface area contributed by atoms with Gasteiger partial charge < -0.3 is 0 Å². The summed E-state index contributed by atoms with van der Waals surface area (Å²) in [5.74, 6) is 2.47. The maximum Gasteiger partial charge on any atom is 0.195 e. The minimum atomic E-state index is 0.667. The van der Waals surface area contributed by atoms with Gasteiger partial charge >= 0.3 is 0 Å². The quantitative estimate of drug-likeness (QED) is 0.210. The highest BCUT2D eigenvalue weighted by atomic mass is 32.2. The number of hydrogen-bond acceptors (Lipinski definition) is 2. The van der Waals surface area contributed by atoms with Crippen LogP contribution in [0.15, 0.2) is 97.1 Å². The third-order valence-corrected chi connectivity index (χ3v) is 14.2. The summed E-state index contributed by atoms with van der Waals surface area (Å²) in [4.78, 5) is 7.14. The van der Waals surface area contributed by atoms with E-state index in [-0.39, 0.29) is 0 Å². The van der Waals surface area contributed by atoms with E-state index >= 15 is 0 Å². The highest BCUT2D eigenvalue weighted by Crippen LogP contribution is 2.59. The first-order valence-corrected chi connectivity index (χ1v) is 18.9. The Morgan fingerprint density at radius 3 is 2.24 bits per heavy atom. The van der Waals surface area contributed by atoms with Crippen molar-refractivity contribution < 1.29 is 0 Å². The summed E-state index contributed by atoms with van der Waals surface area (Å²) >= 11 is 2.43. The van der Waals surface area contributed by atoms with Crippen LogP contribution in [-0.2, 0) is 0 Å². The van der Waals surface area contributed by atoms with E-state index in [4.69, 9.17) is 6.57 Å². The van der Waals surface area contributed by atoms with E-state index in [1.807, 2.05) is 12.1 Å². The van der Waals surface area contributed by atoms with Gasteiger partial charge in [0.1, 0.15) is 0 Å². The number of fused-ring (bicyclic) bond motifs is 5. The van der Waals surface area contributed by atoms with E-state index in [9.17, 15) is 0 Å². The molecule has 2 heterocycles. The maximum atomic E-state index is 7.96. The minimum Gasteiger partial charge on any atom is -0.292 e. The second-order valence-electron chi connectivity index (χ2n) is 14.8. The number of nitrogens with zero attached hydrogens (tertiary/aromatic N) is 2. The van der Waals surface area contributed by atoms with Crippen molar-refractivity contribution >= 4 is 17.4 Å². The lowest BCUT2D eigenvalue weighted by Crippen LogP contribution is -2.59. The van der Waals surface area contributed by atoms with Gasteiger partial charge in [-0.05, 0) is 114 Å². The molecule has 46 heavy (non-hydrogen) atoms. The lowest BCUT2D eigenvalue weighted by Gasteiger charge is -2.53. The maximum absolute atomic E-state index is 7.96. The topological polar surface area (TPSA) is 7.60 Å². The molecule has 9 rings (SSSR count). The Bertz CT molecular complexity index is 1770. The molecule has 0 bridgehead atoms. The summed E-state index contributed by atoms with van der Waals surface area (Å²) < 4.78 is 0. The van der Waals surface area contributed by atoms with Crippen LogP contribution in [0.5, 0.6) is 0 Å². The van der Waals surface area contributed by atoms with Crippen LogP contribution in [0.25, 0.3) is 38.2 Å². The average molecular weight is 621 g/mol. The first kappa shape index (κ1) is 28.9. The third kappa shape index (κ3) is 4.96. The molecule has 0 aromatic heterocycles. The van der Waals surface area contributed by atoms with Gasteiger partial charge in [-0.2, -0.15) is 11.8 Å². The highest BCUT2D eigenvalue weighted by Gasteiger charge is 2.59. The van der Waals surface area contributed by atoms with Gasteiger partial charge in [0.25, 0.3) is 0 Å². The van der Waals surface area contributed by atoms with Gasteiger partial charge in [-0.1, -0.05) is 104 Å². The van der Waals surface area contributed by atoms with Gasteiger partial charge in [0.15, 0.2) is 5.69 Å². The molecule has 5 fully saturated rings. The normalized spacial score (nSPS) is 31.7. The summed E-state index contributed by atoms with van der Waals surface area (Å²) in [5, 5.41) is 1.81. The SMILES string of the molecule is [C-]#[N+]c1cc(-c2ccccc2)ccc1-c1cccc(-c2cccc(C3CCC4C(C3)C3CCCC5SC6CCCCC6N4C53)c2)c1. The van der Waals surface area contributed by atoms with Crippen molar-refractivity contribution in [3.05, 3.63) is 114 Å². The molecular weight excluding hydrogens is 577 g/mol. The van der Waals surface area contributed by atoms with Gasteiger partial charge in [0.2, 0.25) is 0 Å². The standard InChI is InChI=1S/C43H44N2S/c1-44-38-27-33(28-10-3-2-4-11-28)20-22-35(38)34-15-8-14-31(25-34)29-12-7-13-30(24-29)32-21-23-39-37(26-32)36-16-9-19-42-43(36)45(39)40-17-5-6-18-41(40)46-42/h2-4,7-8,10-15,20,22,24-25,27,32,36-37,39-43H,5-6,9,16-19,21,23,26H2. The average Bonchev–Trinajstić information content (AvgIpc) is 3.47. The van der Waals surface area contributed by atoms with Crippen molar-refractivity contribution in [1.29, 1.82) is 0 Å². The third-order valence-electron chi connectivity index (χ3n) is 12.5. The molecule has 0 amide bonds. The van der Waals surface area contributed by atoms with Crippen LogP contribution < -0.4 is 0 Å². The van der Waals surface area contributed by atoms with E-state index in [0.29, 0.717) is 11.6 Å². The van der Waals surface area contributed by atoms with E-state index in [0.717, 1.165) is 62.7 Å². The fourth-order valence-corrected chi connectivity index (χ4v) is 12.5. The molecule has 4 aromatic carbocycles. The van der Waals surface area contributed by atoms with E-state index < -0.39 is 0 Å². The molecule has 0 N–H and O–H groups in total. The number of thioether (sulfide) groups is 1. The Hall–Kier alpha value is -3.32. The Labute approximate surface area is 279 Å². The molecular formula is C43H44N2S. The zero-order valence-electron chi connectivity index (χ0n) is 26.7. The van der Waals surface area contributed by atoms with Crippen molar-refractivity contribution in [2.75, 3.05) is 0 Å². The van der Waals surface area contributed by atoms with Gasteiger partial charge in [-0.25, -0.2) is 4.85 Å². The molecule has 3 heteroatoms. The van der Waals surface area contributed by atoms with Crippen LogP contribution in [0.4, 0.5) is 5.69 Å². The monoisotopic (exact) mass is 620 g/mol. The summed E-state index contributed by atoms with van der Waals surface area (Å²) in [6.07, 6.45) is 14.3. The van der Waals surface area contributed by atoms with Crippen LogP contribution >= 0.6 is 11.8 Å². The zero-order chi connectivity index (χ0) is 30.6. The van der Waals surface area contributed by atoms with E-state index in [1.54, 1.807) is 0 Å². The van der Waals surface area contributed by atoms with Crippen molar-refractivity contribution in [3.63, 3.8) is 0 Å². The van der Waals surface area contributed by atoms with Crippen molar-refractivity contribution in [2.45, 2.75) is 98.8 Å². The predicted octanol–water partition coefficient (Wildman–Crippen LogP) is 11.4.